The summed E-state index contributed by atoms with van der Waals surface area (Å²) in [5.41, 5.74) is 4.22. The van der Waals surface area contributed by atoms with Gasteiger partial charge in [-0.25, -0.2) is 0 Å². The number of nitrogens with zero attached hydrogens (tertiary/aromatic N) is 1. The van der Waals surface area contributed by atoms with Gasteiger partial charge in [0.25, 0.3) is 0 Å². The van der Waals surface area contributed by atoms with E-state index in [1.165, 1.54) is 0 Å². The lowest BCUT2D eigenvalue weighted by atomic mass is 10.2. The average molecular weight is 163 g/mol. The summed E-state index contributed by atoms with van der Waals surface area (Å²) in [6.07, 6.45) is 0. The fourth-order valence-electron chi connectivity index (χ4n) is 0.867. The Morgan fingerprint density at radius 2 is 2.17 bits per heavy atom. The molecule has 3 nitrogen and oxygen atoms in total. The lowest BCUT2D eigenvalue weighted by Crippen LogP contribution is -2.52. The Kier molecular flexibility index (Phi) is 3.12. The summed E-state index contributed by atoms with van der Waals surface area (Å²) in [6.45, 7) is 1.26. The van der Waals surface area contributed by atoms with E-state index in [0.717, 1.165) is 0 Å². The third kappa shape index (κ3) is 1.97. The number of hydrogen-bond donors (Lipinski definition) is 1. The molecule has 0 spiro atoms. The van der Waals surface area contributed by atoms with Gasteiger partial charge in [-0.2, -0.15) is 5.26 Å². The molecule has 1 rings (SSSR count). The number of para-hydroxylation sites is 1. The Bertz CT molecular complexity index is 291. The number of nitriles is 1. The second-order valence-electron chi connectivity index (χ2n) is 2.31. The molecule has 12 heavy (non-hydrogen) atoms. The molecule has 3 heteroatoms. The Labute approximate surface area is 71.4 Å². The van der Waals surface area contributed by atoms with Crippen molar-refractivity contribution >= 4 is 0 Å². The van der Waals surface area contributed by atoms with E-state index in [0.29, 0.717) is 24.5 Å². The summed E-state index contributed by atoms with van der Waals surface area (Å²) < 4.78 is 5.29. The monoisotopic (exact) mass is 163 g/mol. The van der Waals surface area contributed by atoms with Crippen LogP contribution in [0.5, 0.6) is 5.75 Å². The maximum atomic E-state index is 8.67. The van der Waals surface area contributed by atoms with Gasteiger partial charge in [0.05, 0.1) is 5.56 Å². The van der Waals surface area contributed by atoms with Gasteiger partial charge >= 0.3 is 0 Å². The summed E-state index contributed by atoms with van der Waals surface area (Å²) in [4.78, 5) is 0. The van der Waals surface area contributed by atoms with Crippen LogP contribution in [0.15, 0.2) is 24.3 Å². The average Bonchev–Trinajstić information content (AvgIpc) is 2.15. The zero-order chi connectivity index (χ0) is 8.81. The zero-order valence-corrected chi connectivity index (χ0v) is 6.79. The van der Waals surface area contributed by atoms with Crippen LogP contribution in [0.3, 0.4) is 0 Å². The van der Waals surface area contributed by atoms with E-state index in [4.69, 9.17) is 10.00 Å². The highest BCUT2D eigenvalue weighted by molar-refractivity contribution is 5.42. The summed E-state index contributed by atoms with van der Waals surface area (Å²) in [5.74, 6) is 0.642. The first-order chi connectivity index (χ1) is 5.88. The molecule has 0 heterocycles. The molecule has 0 aliphatic rings. The van der Waals surface area contributed by atoms with Gasteiger partial charge in [0.2, 0.25) is 0 Å². The quantitative estimate of drug-likeness (QED) is 0.690. The van der Waals surface area contributed by atoms with Crippen molar-refractivity contribution < 1.29 is 10.5 Å². The van der Waals surface area contributed by atoms with Crippen molar-refractivity contribution in [1.82, 2.24) is 0 Å². The molecular formula is C9H11N2O+. The highest BCUT2D eigenvalue weighted by Crippen LogP contribution is 2.15. The van der Waals surface area contributed by atoms with Crippen LogP contribution in [0.25, 0.3) is 0 Å². The van der Waals surface area contributed by atoms with E-state index < -0.39 is 0 Å². The molecule has 0 aromatic heterocycles. The molecule has 0 bridgehead atoms. The molecule has 1 aromatic rings. The van der Waals surface area contributed by atoms with Crippen molar-refractivity contribution in [2.24, 2.45) is 0 Å². The summed E-state index contributed by atoms with van der Waals surface area (Å²) in [5, 5.41) is 8.67. The number of benzene rings is 1. The number of hydrogen-bond acceptors (Lipinski definition) is 2. The molecule has 0 amide bonds. The van der Waals surface area contributed by atoms with Gasteiger partial charge in [-0.05, 0) is 12.1 Å². The van der Waals surface area contributed by atoms with Gasteiger partial charge in [-0.1, -0.05) is 12.1 Å². The maximum absolute atomic E-state index is 8.67. The second kappa shape index (κ2) is 4.37. The van der Waals surface area contributed by atoms with Crippen LogP contribution in [0.1, 0.15) is 5.56 Å². The first-order valence-electron chi connectivity index (χ1n) is 3.79. The van der Waals surface area contributed by atoms with Crippen molar-refractivity contribution in [2.75, 3.05) is 13.2 Å². The van der Waals surface area contributed by atoms with E-state index in [2.05, 4.69) is 11.8 Å². The molecular weight excluding hydrogens is 152 g/mol. The van der Waals surface area contributed by atoms with E-state index in [9.17, 15) is 0 Å². The molecule has 0 atom stereocenters. The van der Waals surface area contributed by atoms with E-state index in [1.807, 2.05) is 12.1 Å². The van der Waals surface area contributed by atoms with Crippen molar-refractivity contribution in [3.63, 3.8) is 0 Å². The van der Waals surface area contributed by atoms with Gasteiger partial charge in [0, 0.05) is 0 Å². The van der Waals surface area contributed by atoms with Gasteiger partial charge in [0.1, 0.15) is 25.0 Å². The lowest BCUT2D eigenvalue weighted by Gasteiger charge is -2.03. The molecule has 0 unspecified atom stereocenters. The minimum atomic E-state index is 0.554. The Morgan fingerprint density at radius 1 is 1.42 bits per heavy atom. The minimum absolute atomic E-state index is 0.554. The van der Waals surface area contributed by atoms with Crippen molar-refractivity contribution in [2.45, 2.75) is 0 Å². The number of quaternary nitrogens is 1. The molecule has 0 radical (unpaired) electrons. The standard InChI is InChI=1S/C9H10N2O/c10-5-6-12-9-4-2-1-3-8(9)7-11/h1-4H,5-6,10H2/p+1. The van der Waals surface area contributed by atoms with Crippen molar-refractivity contribution in [3.05, 3.63) is 29.8 Å². The topological polar surface area (TPSA) is 60.7 Å². The normalized spacial score (nSPS) is 9.00. The molecule has 0 aliphatic heterocycles. The van der Waals surface area contributed by atoms with Crippen LogP contribution >= 0.6 is 0 Å². The van der Waals surface area contributed by atoms with Gasteiger partial charge < -0.3 is 10.5 Å². The van der Waals surface area contributed by atoms with Gasteiger partial charge in [-0.15, -0.1) is 0 Å². The molecule has 0 fully saturated rings. The Balaban J connectivity index is 2.77. The maximum Gasteiger partial charge on any atom is 0.137 e. The predicted octanol–water partition coefficient (Wildman–Crippen LogP) is 0.179. The highest BCUT2D eigenvalue weighted by Gasteiger charge is 1.99. The van der Waals surface area contributed by atoms with Crippen molar-refractivity contribution in [3.8, 4) is 11.8 Å². The van der Waals surface area contributed by atoms with E-state index in [-0.39, 0.29) is 0 Å². The largest absolute Gasteiger partial charge is 0.486 e. The summed E-state index contributed by atoms with van der Waals surface area (Å²) in [6, 6.07) is 9.24. The van der Waals surface area contributed by atoms with Crippen LogP contribution in [-0.2, 0) is 0 Å². The van der Waals surface area contributed by atoms with E-state index >= 15 is 0 Å². The third-order valence-electron chi connectivity index (χ3n) is 1.41. The van der Waals surface area contributed by atoms with Gasteiger partial charge in [-0.3, -0.25) is 0 Å². The molecule has 0 saturated heterocycles. The fourth-order valence-corrected chi connectivity index (χ4v) is 0.867. The number of ether oxygens (including phenoxy) is 1. The van der Waals surface area contributed by atoms with Crippen LogP contribution in [-0.4, -0.2) is 13.2 Å². The van der Waals surface area contributed by atoms with Crippen molar-refractivity contribution in [1.29, 1.82) is 5.26 Å². The minimum Gasteiger partial charge on any atom is -0.486 e. The first kappa shape index (κ1) is 8.57. The SMILES string of the molecule is N#Cc1ccccc1OCC[NH3+]. The summed E-state index contributed by atoms with van der Waals surface area (Å²) in [7, 11) is 0. The van der Waals surface area contributed by atoms with Gasteiger partial charge in [0.15, 0.2) is 0 Å². The fraction of sp³-hybridized carbons (Fsp3) is 0.222. The highest BCUT2D eigenvalue weighted by atomic mass is 16.5. The summed E-state index contributed by atoms with van der Waals surface area (Å²) >= 11 is 0. The Hall–Kier alpha value is -1.53. The first-order valence-corrected chi connectivity index (χ1v) is 3.79. The van der Waals surface area contributed by atoms with Crippen LogP contribution in [0.2, 0.25) is 0 Å². The molecule has 3 N–H and O–H groups in total. The lowest BCUT2D eigenvalue weighted by molar-refractivity contribution is -0.370. The zero-order valence-electron chi connectivity index (χ0n) is 6.79. The second-order valence-corrected chi connectivity index (χ2v) is 2.31. The van der Waals surface area contributed by atoms with E-state index in [1.54, 1.807) is 12.1 Å². The Morgan fingerprint density at radius 3 is 2.83 bits per heavy atom. The smallest absolute Gasteiger partial charge is 0.137 e. The third-order valence-corrected chi connectivity index (χ3v) is 1.41. The molecule has 0 aliphatic carbocycles. The molecule has 0 saturated carbocycles. The van der Waals surface area contributed by atoms with Crippen LogP contribution in [0, 0.1) is 11.3 Å². The predicted molar refractivity (Wildman–Crippen MR) is 44.4 cm³/mol. The van der Waals surface area contributed by atoms with Crippen LogP contribution in [0.4, 0.5) is 0 Å². The number of rotatable bonds is 3. The molecule has 1 aromatic carbocycles. The molecule has 62 valence electrons. The van der Waals surface area contributed by atoms with Crippen LogP contribution < -0.4 is 10.5 Å².